The summed E-state index contributed by atoms with van der Waals surface area (Å²) in [5.41, 5.74) is 2.59. The smallest absolute Gasteiger partial charge is 0.335 e. The number of amides is 4. The molecule has 1 fully saturated rings. The average Bonchev–Trinajstić information content (AvgIpc) is 2.78. The fraction of sp³-hybridized carbons (Fsp3) is 0.0800. The second kappa shape index (κ2) is 9.90. The fourth-order valence-corrected chi connectivity index (χ4v) is 4.74. The van der Waals surface area contributed by atoms with Crippen LogP contribution >= 0.6 is 31.9 Å². The van der Waals surface area contributed by atoms with E-state index in [0.717, 1.165) is 28.2 Å². The maximum atomic E-state index is 13.3. The Morgan fingerprint density at radius 2 is 1.59 bits per heavy atom. The Hall–Kier alpha value is -3.30. The minimum atomic E-state index is -0.902. The number of carbonyl (C=O) groups is 3. The molecule has 3 aromatic carbocycles. The third-order valence-corrected chi connectivity index (χ3v) is 6.20. The Labute approximate surface area is 211 Å². The van der Waals surface area contributed by atoms with Gasteiger partial charge in [0.2, 0.25) is 0 Å². The number of carbonyl (C=O) groups excluding carboxylic acids is 3. The Bertz CT molecular complexity index is 1300. The third-order valence-electron chi connectivity index (χ3n) is 5.02. The molecule has 1 N–H and O–H groups in total. The van der Waals surface area contributed by atoms with Gasteiger partial charge in [-0.1, -0.05) is 29.8 Å². The topological polar surface area (TPSA) is 75.7 Å². The lowest BCUT2D eigenvalue weighted by Gasteiger charge is -2.26. The summed E-state index contributed by atoms with van der Waals surface area (Å²) in [5.74, 6) is -1.59. The van der Waals surface area contributed by atoms with Crippen LogP contribution in [0.1, 0.15) is 16.7 Å². The van der Waals surface area contributed by atoms with Crippen LogP contribution in [0.5, 0.6) is 5.75 Å². The number of urea groups is 1. The molecule has 0 aliphatic carbocycles. The average molecular weight is 588 g/mol. The van der Waals surface area contributed by atoms with Gasteiger partial charge in [0, 0.05) is 0 Å². The van der Waals surface area contributed by atoms with E-state index in [1.54, 1.807) is 12.1 Å². The van der Waals surface area contributed by atoms with Gasteiger partial charge in [0.15, 0.2) is 0 Å². The predicted octanol–water partition coefficient (Wildman–Crippen LogP) is 5.90. The molecule has 6 nitrogen and oxygen atoms in total. The number of hydrogen-bond acceptors (Lipinski definition) is 4. The van der Waals surface area contributed by atoms with Gasteiger partial charge < -0.3 is 4.74 Å². The summed E-state index contributed by atoms with van der Waals surface area (Å²) in [5, 5.41) is 2.14. The van der Waals surface area contributed by atoms with Gasteiger partial charge in [-0.3, -0.25) is 14.9 Å². The number of imide groups is 2. The van der Waals surface area contributed by atoms with E-state index in [1.165, 1.54) is 18.2 Å². The minimum absolute atomic E-state index is 0.143. The highest BCUT2D eigenvalue weighted by molar-refractivity contribution is 9.11. The normalized spacial score (nSPS) is 15.0. The number of aryl methyl sites for hydroxylation is 1. The van der Waals surface area contributed by atoms with Crippen LogP contribution in [-0.2, 0) is 16.2 Å². The predicted molar refractivity (Wildman–Crippen MR) is 133 cm³/mol. The molecule has 4 rings (SSSR count). The molecule has 1 aliphatic heterocycles. The number of rotatable bonds is 5. The van der Waals surface area contributed by atoms with Crippen molar-refractivity contribution in [1.82, 2.24) is 5.32 Å². The number of ether oxygens (including phenoxy) is 1. The molecule has 4 amide bonds. The standard InChI is InChI=1S/C25H17Br2FN2O4/c1-14-2-4-15(5-3-14)13-34-22-20(26)11-16(12-21(22)27)10-19-23(31)29-25(33)30(24(19)32)18-8-6-17(28)7-9-18/h2-12H,13H2,1H3,(H,29,31,33)/b19-10+. The lowest BCUT2D eigenvalue weighted by Crippen LogP contribution is -2.54. The Balaban J connectivity index is 1.60. The molecule has 9 heteroatoms. The molecule has 0 bridgehead atoms. The quantitative estimate of drug-likeness (QED) is 0.298. The summed E-state index contributed by atoms with van der Waals surface area (Å²) in [6.45, 7) is 2.37. The second-order valence-corrected chi connectivity index (χ2v) is 9.23. The van der Waals surface area contributed by atoms with Gasteiger partial charge in [0.1, 0.15) is 23.7 Å². The third kappa shape index (κ3) is 5.10. The molecule has 172 valence electrons. The molecule has 0 saturated carbocycles. The van der Waals surface area contributed by atoms with Gasteiger partial charge in [-0.15, -0.1) is 0 Å². The van der Waals surface area contributed by atoms with Crippen molar-refractivity contribution in [2.45, 2.75) is 13.5 Å². The number of barbiturate groups is 1. The van der Waals surface area contributed by atoms with Crippen LogP contribution in [-0.4, -0.2) is 17.8 Å². The molecule has 1 saturated heterocycles. The Kier molecular flexibility index (Phi) is 6.95. The van der Waals surface area contributed by atoms with E-state index < -0.39 is 23.7 Å². The molecule has 0 unspecified atom stereocenters. The molecule has 0 aromatic heterocycles. The first-order chi connectivity index (χ1) is 16.2. The van der Waals surface area contributed by atoms with E-state index in [2.05, 4.69) is 37.2 Å². The summed E-state index contributed by atoms with van der Waals surface area (Å²) in [4.78, 5) is 38.5. The van der Waals surface area contributed by atoms with Gasteiger partial charge in [-0.05, 0) is 92.4 Å². The highest BCUT2D eigenvalue weighted by atomic mass is 79.9. The number of anilines is 1. The van der Waals surface area contributed by atoms with Crippen molar-refractivity contribution in [3.05, 3.63) is 97.7 Å². The van der Waals surface area contributed by atoms with Crippen molar-refractivity contribution in [3.63, 3.8) is 0 Å². The lowest BCUT2D eigenvalue weighted by molar-refractivity contribution is -0.122. The van der Waals surface area contributed by atoms with Crippen molar-refractivity contribution in [1.29, 1.82) is 0 Å². The zero-order chi connectivity index (χ0) is 24.4. The fourth-order valence-electron chi connectivity index (χ4n) is 3.29. The van der Waals surface area contributed by atoms with Crippen molar-refractivity contribution < 1.29 is 23.5 Å². The summed E-state index contributed by atoms with van der Waals surface area (Å²) >= 11 is 6.95. The summed E-state index contributed by atoms with van der Waals surface area (Å²) in [6.07, 6.45) is 1.37. The maximum Gasteiger partial charge on any atom is 0.335 e. The van der Waals surface area contributed by atoms with Crippen LogP contribution in [0.25, 0.3) is 6.08 Å². The molecule has 1 aliphatic rings. The van der Waals surface area contributed by atoms with Gasteiger partial charge >= 0.3 is 6.03 Å². The number of nitrogens with one attached hydrogen (secondary N) is 1. The monoisotopic (exact) mass is 586 g/mol. The summed E-state index contributed by atoms with van der Waals surface area (Å²) in [7, 11) is 0. The second-order valence-electron chi connectivity index (χ2n) is 7.52. The lowest BCUT2D eigenvalue weighted by atomic mass is 10.1. The number of nitrogens with zero attached hydrogens (tertiary/aromatic N) is 1. The molecular formula is C25H17Br2FN2O4. The van der Waals surface area contributed by atoms with Crippen molar-refractivity contribution >= 4 is 61.5 Å². The zero-order valence-electron chi connectivity index (χ0n) is 17.8. The van der Waals surface area contributed by atoms with E-state index >= 15 is 0 Å². The molecule has 34 heavy (non-hydrogen) atoms. The first-order valence-corrected chi connectivity index (χ1v) is 11.7. The van der Waals surface area contributed by atoms with Crippen LogP contribution in [0.3, 0.4) is 0 Å². The highest BCUT2D eigenvalue weighted by Crippen LogP contribution is 2.36. The van der Waals surface area contributed by atoms with Crippen LogP contribution in [0.15, 0.2) is 75.2 Å². The molecule has 0 spiro atoms. The van der Waals surface area contributed by atoms with Crippen molar-refractivity contribution in [2.24, 2.45) is 0 Å². The maximum absolute atomic E-state index is 13.3. The number of benzene rings is 3. The first kappa shape index (κ1) is 23.8. The van der Waals surface area contributed by atoms with E-state index in [9.17, 15) is 18.8 Å². The number of hydrogen-bond donors (Lipinski definition) is 1. The van der Waals surface area contributed by atoms with Gasteiger partial charge in [0.25, 0.3) is 11.8 Å². The molecule has 1 heterocycles. The van der Waals surface area contributed by atoms with Crippen LogP contribution in [0, 0.1) is 12.7 Å². The van der Waals surface area contributed by atoms with E-state index in [0.29, 0.717) is 26.9 Å². The van der Waals surface area contributed by atoms with Crippen LogP contribution in [0.2, 0.25) is 0 Å². The molecule has 3 aromatic rings. The van der Waals surface area contributed by atoms with Gasteiger partial charge in [-0.25, -0.2) is 14.1 Å². The van der Waals surface area contributed by atoms with Gasteiger partial charge in [-0.2, -0.15) is 0 Å². The summed E-state index contributed by atoms with van der Waals surface area (Å²) < 4.78 is 20.4. The van der Waals surface area contributed by atoms with Crippen LogP contribution in [0.4, 0.5) is 14.9 Å². The zero-order valence-corrected chi connectivity index (χ0v) is 20.9. The highest BCUT2D eigenvalue weighted by Gasteiger charge is 2.36. The van der Waals surface area contributed by atoms with Crippen molar-refractivity contribution in [2.75, 3.05) is 4.90 Å². The Morgan fingerprint density at radius 3 is 2.21 bits per heavy atom. The van der Waals surface area contributed by atoms with Crippen molar-refractivity contribution in [3.8, 4) is 5.75 Å². The molecule has 0 radical (unpaired) electrons. The molecular weight excluding hydrogens is 571 g/mol. The minimum Gasteiger partial charge on any atom is -0.487 e. The van der Waals surface area contributed by atoms with E-state index in [-0.39, 0.29) is 11.3 Å². The SMILES string of the molecule is Cc1ccc(COc2c(Br)cc(/C=C3\C(=O)NC(=O)N(c4ccc(F)cc4)C3=O)cc2Br)cc1. The summed E-state index contributed by atoms with van der Waals surface area (Å²) in [6, 6.07) is 15.3. The van der Waals surface area contributed by atoms with E-state index in [1.807, 2.05) is 31.2 Å². The largest absolute Gasteiger partial charge is 0.487 e. The number of halogens is 3. The molecule has 0 atom stereocenters. The Morgan fingerprint density at radius 1 is 0.971 bits per heavy atom. The van der Waals surface area contributed by atoms with Crippen LogP contribution < -0.4 is 15.0 Å². The first-order valence-electron chi connectivity index (χ1n) is 10.1. The van der Waals surface area contributed by atoms with E-state index in [4.69, 9.17) is 4.74 Å². The van der Waals surface area contributed by atoms with Gasteiger partial charge in [0.05, 0.1) is 14.6 Å².